The van der Waals surface area contributed by atoms with Crippen LogP contribution in [0.3, 0.4) is 0 Å². The van der Waals surface area contributed by atoms with Crippen LogP contribution in [0.1, 0.15) is 104 Å². The van der Waals surface area contributed by atoms with Crippen molar-refractivity contribution in [1.82, 2.24) is 9.78 Å². The van der Waals surface area contributed by atoms with E-state index in [1.807, 2.05) is 20.8 Å². The topological polar surface area (TPSA) is 163 Å². The summed E-state index contributed by atoms with van der Waals surface area (Å²) in [5.41, 5.74) is 0.254. The fourth-order valence-electron chi connectivity index (χ4n) is 6.80. The largest absolute Gasteiger partial charge is 0.508 e. The van der Waals surface area contributed by atoms with Gasteiger partial charge in [0.05, 0.1) is 27.9 Å². The summed E-state index contributed by atoms with van der Waals surface area (Å²) in [7, 11) is 1.46. The van der Waals surface area contributed by atoms with Crippen LogP contribution in [0.5, 0.6) is 23.0 Å². The van der Waals surface area contributed by atoms with Gasteiger partial charge in [-0.15, -0.1) is 10.2 Å². The lowest BCUT2D eigenvalue weighted by Crippen LogP contribution is -2.33. The van der Waals surface area contributed by atoms with Gasteiger partial charge in [-0.1, -0.05) is 132 Å². The Morgan fingerprint density at radius 2 is 1.44 bits per heavy atom. The zero-order valence-electron chi connectivity index (χ0n) is 35.6. The molecule has 0 radical (unpaired) electrons. The number of anilines is 3. The predicted octanol–water partition coefficient (Wildman–Crippen LogP) is 14.4. The third-order valence-electron chi connectivity index (χ3n) is 10.2. The lowest BCUT2D eigenvalue weighted by Gasteiger charge is -2.23. The summed E-state index contributed by atoms with van der Waals surface area (Å²) in [6.45, 7) is 8.21. The van der Waals surface area contributed by atoms with Gasteiger partial charge in [0.1, 0.15) is 34.4 Å². The van der Waals surface area contributed by atoms with Gasteiger partial charge in [0.2, 0.25) is 0 Å². The zero-order valence-corrected chi connectivity index (χ0v) is 38.6. The van der Waals surface area contributed by atoms with Crippen molar-refractivity contribution < 1.29 is 24.5 Å². The molecule has 5 aromatic rings. The van der Waals surface area contributed by atoms with E-state index in [2.05, 4.69) is 32.9 Å². The van der Waals surface area contributed by atoms with E-state index in [0.717, 1.165) is 30.4 Å². The lowest BCUT2D eigenvalue weighted by molar-refractivity contribution is -0.123. The van der Waals surface area contributed by atoms with Gasteiger partial charge in [-0.2, -0.15) is 0 Å². The number of carbonyl (C=O) groups excluding carboxylic acids is 1. The van der Waals surface area contributed by atoms with Crippen LogP contribution < -0.4 is 25.7 Å². The van der Waals surface area contributed by atoms with Crippen LogP contribution in [0, 0.1) is 0 Å². The van der Waals surface area contributed by atoms with E-state index in [0.29, 0.717) is 29.2 Å². The van der Waals surface area contributed by atoms with Gasteiger partial charge >= 0.3 is 5.56 Å². The highest BCUT2D eigenvalue weighted by atomic mass is 35.5. The van der Waals surface area contributed by atoms with Gasteiger partial charge in [0.15, 0.2) is 17.6 Å². The second-order valence-corrected chi connectivity index (χ2v) is 17.7. The second kappa shape index (κ2) is 22.5. The van der Waals surface area contributed by atoms with Crippen LogP contribution in [-0.4, -0.2) is 39.1 Å². The molecule has 0 saturated carbocycles. The number of methoxy groups -OCH3 is 1. The first kappa shape index (κ1) is 48.2. The molecule has 1 unspecified atom stereocenters. The van der Waals surface area contributed by atoms with Gasteiger partial charge in [-0.3, -0.25) is 14.7 Å². The van der Waals surface area contributed by atoms with Crippen molar-refractivity contribution in [1.29, 1.82) is 0 Å². The van der Waals surface area contributed by atoms with Crippen LogP contribution >= 0.6 is 46.4 Å². The Bertz CT molecular complexity index is 2390. The summed E-state index contributed by atoms with van der Waals surface area (Å²) < 4.78 is 12.6. The summed E-state index contributed by atoms with van der Waals surface area (Å²) in [5, 5.41) is 39.2. The number of rotatable bonds is 21. The number of phenols is 2. The molecule has 332 valence electrons. The summed E-state index contributed by atoms with van der Waals surface area (Å²) in [6, 6.07) is 17.1. The molecule has 1 aromatic heterocycles. The minimum atomic E-state index is -0.853. The maximum Gasteiger partial charge on any atom is 0.301 e. The number of unbranched alkanes of at least 4 members (excludes halogenated alkanes) is 9. The van der Waals surface area contributed by atoms with Crippen LogP contribution in [-0.2, 0) is 10.2 Å². The Kier molecular flexibility index (Phi) is 17.4. The molecule has 1 atom stereocenters. The van der Waals surface area contributed by atoms with Crippen molar-refractivity contribution in [2.24, 2.45) is 10.2 Å². The number of aromatic hydroxyl groups is 2. The number of carbonyl (C=O) groups is 1. The molecule has 1 heterocycles. The van der Waals surface area contributed by atoms with Crippen LogP contribution in [0.2, 0.25) is 20.1 Å². The number of nitrogens with one attached hydrogen (secondary N) is 3. The number of azo groups is 1. The molecule has 0 bridgehead atoms. The first-order valence-electron chi connectivity index (χ1n) is 20.8. The Morgan fingerprint density at radius 3 is 2.06 bits per heavy atom. The first-order valence-corrected chi connectivity index (χ1v) is 22.3. The van der Waals surface area contributed by atoms with E-state index < -0.39 is 11.7 Å². The molecular formula is C46H54Cl4N6O6. The molecule has 0 aliphatic heterocycles. The fourth-order valence-corrected chi connectivity index (χ4v) is 7.95. The Hall–Kier alpha value is -4.88. The molecule has 0 aliphatic carbocycles. The summed E-state index contributed by atoms with van der Waals surface area (Å²) in [6.07, 6.45) is 11.1. The summed E-state index contributed by atoms with van der Waals surface area (Å²) in [5.74, 6) is 0.444. The van der Waals surface area contributed by atoms with Crippen molar-refractivity contribution in [3.05, 3.63) is 103 Å². The molecule has 12 nitrogen and oxygen atoms in total. The standard InChI is InChI=1S/C46H54Cl4N6O6/c1-6-7-8-9-10-11-12-13-14-15-16-40(62-31-19-22-38(57)32(26-31)46(2,3)4)44(59)51-29-17-20-33(48)37(25-29)52-43-41(54-53-36-21-18-30(61-5)27-39(36)58)45(60)56(55-43)42-34(49)23-28(47)24-35(42)50/h17-27,40,52,55,57-58H,6-16H2,1-5H3,(H,51,59). The second-order valence-electron chi connectivity index (χ2n) is 16.1. The number of amides is 1. The third kappa shape index (κ3) is 13.1. The molecular weight excluding hydrogens is 874 g/mol. The van der Waals surface area contributed by atoms with Crippen LogP contribution in [0.15, 0.2) is 81.8 Å². The van der Waals surface area contributed by atoms with Crippen molar-refractivity contribution in [3.8, 4) is 28.7 Å². The van der Waals surface area contributed by atoms with E-state index in [-0.39, 0.29) is 71.5 Å². The molecule has 16 heteroatoms. The summed E-state index contributed by atoms with van der Waals surface area (Å²) in [4.78, 5) is 28.1. The van der Waals surface area contributed by atoms with Gasteiger partial charge in [-0.25, -0.2) is 4.68 Å². The number of benzene rings is 4. The monoisotopic (exact) mass is 926 g/mol. The molecule has 62 heavy (non-hydrogen) atoms. The minimum Gasteiger partial charge on any atom is -0.508 e. The number of nitrogens with zero attached hydrogens (tertiary/aromatic N) is 3. The number of H-pyrrole nitrogens is 1. The SMILES string of the molecule is CCCCCCCCCCCCC(Oc1ccc(O)c(C(C)(C)C)c1)C(=O)Nc1ccc(Cl)c(Nc2[nH]n(-c3c(Cl)cc(Cl)cc3Cl)c(=O)c2N=Nc2ccc(OC)cc2O)c1. The fraction of sp³-hybridized carbons (Fsp3) is 0.391. The average Bonchev–Trinajstić information content (AvgIpc) is 3.51. The van der Waals surface area contributed by atoms with E-state index in [1.165, 1.54) is 69.9 Å². The van der Waals surface area contributed by atoms with E-state index >= 15 is 0 Å². The van der Waals surface area contributed by atoms with E-state index in [9.17, 15) is 19.8 Å². The van der Waals surface area contributed by atoms with E-state index in [4.69, 9.17) is 55.9 Å². The normalized spacial score (nSPS) is 12.1. The molecule has 1 amide bonds. The highest BCUT2D eigenvalue weighted by Crippen LogP contribution is 2.38. The molecule has 0 saturated heterocycles. The van der Waals surface area contributed by atoms with Crippen molar-refractivity contribution >= 4 is 80.9 Å². The predicted molar refractivity (Wildman–Crippen MR) is 251 cm³/mol. The van der Waals surface area contributed by atoms with Crippen LogP contribution in [0.4, 0.5) is 28.6 Å². The van der Waals surface area contributed by atoms with Crippen LogP contribution in [0.25, 0.3) is 5.69 Å². The Balaban J connectivity index is 1.41. The average molecular weight is 929 g/mol. The first-order chi connectivity index (χ1) is 29.6. The molecule has 0 spiro atoms. The van der Waals surface area contributed by atoms with Gasteiger partial charge < -0.3 is 30.3 Å². The number of aromatic amines is 1. The molecule has 5 N–H and O–H groups in total. The molecule has 4 aromatic carbocycles. The minimum absolute atomic E-state index is 0.0309. The highest BCUT2D eigenvalue weighted by Gasteiger charge is 2.25. The van der Waals surface area contributed by atoms with Crippen molar-refractivity contribution in [2.75, 3.05) is 17.7 Å². The Morgan fingerprint density at radius 1 is 0.790 bits per heavy atom. The maximum atomic E-state index is 14.1. The highest BCUT2D eigenvalue weighted by molar-refractivity contribution is 6.40. The van der Waals surface area contributed by atoms with E-state index in [1.54, 1.807) is 42.5 Å². The molecule has 5 rings (SSSR count). The Labute approximate surface area is 382 Å². The van der Waals surface area contributed by atoms with Crippen molar-refractivity contribution in [2.45, 2.75) is 110 Å². The number of hydrogen-bond donors (Lipinski definition) is 5. The number of aromatic nitrogens is 2. The molecule has 0 fully saturated rings. The van der Waals surface area contributed by atoms with Gasteiger partial charge in [0.25, 0.3) is 5.91 Å². The lowest BCUT2D eigenvalue weighted by atomic mass is 9.86. The number of hydrogen-bond acceptors (Lipinski definition) is 9. The quantitative estimate of drug-likeness (QED) is 0.0361. The third-order valence-corrected chi connectivity index (χ3v) is 11.3. The summed E-state index contributed by atoms with van der Waals surface area (Å²) >= 11 is 25.9. The number of halogens is 4. The van der Waals surface area contributed by atoms with Gasteiger partial charge in [0, 0.05) is 22.3 Å². The number of ether oxygens (including phenoxy) is 2. The zero-order chi connectivity index (χ0) is 45.0. The van der Waals surface area contributed by atoms with Crippen molar-refractivity contribution in [3.63, 3.8) is 0 Å². The number of phenolic OH excluding ortho intramolecular Hbond substituents is 2. The maximum absolute atomic E-state index is 14.1. The smallest absolute Gasteiger partial charge is 0.301 e. The molecule has 0 aliphatic rings. The van der Waals surface area contributed by atoms with Gasteiger partial charge in [-0.05, 0) is 78.9 Å².